The van der Waals surface area contributed by atoms with Crippen molar-refractivity contribution < 1.29 is 27.4 Å². The van der Waals surface area contributed by atoms with Crippen molar-refractivity contribution in [1.29, 1.82) is 0 Å². The van der Waals surface area contributed by atoms with Crippen LogP contribution < -0.4 is 20.1 Å². The van der Waals surface area contributed by atoms with Crippen LogP contribution in [0.3, 0.4) is 0 Å². The van der Waals surface area contributed by atoms with E-state index in [0.29, 0.717) is 30.3 Å². The van der Waals surface area contributed by atoms with Crippen LogP contribution in [-0.2, 0) is 12.7 Å². The van der Waals surface area contributed by atoms with Gasteiger partial charge in [0.2, 0.25) is 0 Å². The SMILES string of the molecule is CC(C)[C@H](NC(=O)NCc1cccc(C(F)(F)F)c1)c1ccc2c(c1)OCCO2. The smallest absolute Gasteiger partial charge is 0.416 e. The topological polar surface area (TPSA) is 59.6 Å². The number of benzene rings is 2. The number of alkyl halides is 3. The molecule has 1 atom stereocenters. The number of hydrogen-bond donors (Lipinski definition) is 2. The lowest BCUT2D eigenvalue weighted by molar-refractivity contribution is -0.137. The first-order valence-electron chi connectivity index (χ1n) is 9.34. The van der Waals surface area contributed by atoms with Gasteiger partial charge in [-0.2, -0.15) is 13.2 Å². The third-order valence-corrected chi connectivity index (χ3v) is 4.59. The summed E-state index contributed by atoms with van der Waals surface area (Å²) in [6.07, 6.45) is -4.42. The molecule has 1 aliphatic heterocycles. The van der Waals surface area contributed by atoms with Gasteiger partial charge in [0, 0.05) is 6.54 Å². The summed E-state index contributed by atoms with van der Waals surface area (Å²) in [6.45, 7) is 4.88. The van der Waals surface area contributed by atoms with Gasteiger partial charge >= 0.3 is 12.2 Å². The van der Waals surface area contributed by atoms with E-state index in [1.807, 2.05) is 26.0 Å². The van der Waals surface area contributed by atoms with Crippen LogP contribution in [-0.4, -0.2) is 19.2 Å². The molecular formula is C21H23F3N2O3. The third kappa shape index (κ3) is 5.34. The molecule has 8 heteroatoms. The normalized spacial score (nSPS) is 14.4. The molecule has 156 valence electrons. The lowest BCUT2D eigenvalue weighted by Gasteiger charge is -2.25. The first-order valence-corrected chi connectivity index (χ1v) is 9.34. The molecule has 5 nitrogen and oxygen atoms in total. The number of fused-ring (bicyclic) bond motifs is 1. The molecule has 0 unspecified atom stereocenters. The van der Waals surface area contributed by atoms with Crippen molar-refractivity contribution >= 4 is 6.03 Å². The number of rotatable bonds is 5. The van der Waals surface area contributed by atoms with Gasteiger partial charge < -0.3 is 20.1 Å². The molecule has 1 aliphatic rings. The van der Waals surface area contributed by atoms with Crippen molar-refractivity contribution in [1.82, 2.24) is 10.6 Å². The predicted octanol–water partition coefficient (Wildman–Crippen LogP) is 4.67. The molecule has 0 fully saturated rings. The third-order valence-electron chi connectivity index (χ3n) is 4.59. The van der Waals surface area contributed by atoms with Crippen LogP contribution in [0.25, 0.3) is 0 Å². The fraction of sp³-hybridized carbons (Fsp3) is 0.381. The van der Waals surface area contributed by atoms with E-state index in [2.05, 4.69) is 10.6 Å². The van der Waals surface area contributed by atoms with Gasteiger partial charge in [-0.25, -0.2) is 4.79 Å². The maximum absolute atomic E-state index is 12.8. The zero-order valence-electron chi connectivity index (χ0n) is 16.2. The van der Waals surface area contributed by atoms with E-state index in [1.165, 1.54) is 12.1 Å². The Morgan fingerprint density at radius 2 is 1.79 bits per heavy atom. The fourth-order valence-electron chi connectivity index (χ4n) is 3.12. The summed E-state index contributed by atoms with van der Waals surface area (Å²) in [4.78, 5) is 12.4. The van der Waals surface area contributed by atoms with E-state index in [1.54, 1.807) is 6.07 Å². The summed E-state index contributed by atoms with van der Waals surface area (Å²) in [5.74, 6) is 1.37. The first kappa shape index (κ1) is 20.8. The van der Waals surface area contributed by atoms with Gasteiger partial charge in [0.15, 0.2) is 11.5 Å². The quantitative estimate of drug-likeness (QED) is 0.756. The van der Waals surface area contributed by atoms with Crippen molar-refractivity contribution in [3.05, 3.63) is 59.2 Å². The molecule has 0 saturated carbocycles. The van der Waals surface area contributed by atoms with E-state index >= 15 is 0 Å². The van der Waals surface area contributed by atoms with Gasteiger partial charge in [0.05, 0.1) is 11.6 Å². The number of hydrogen-bond acceptors (Lipinski definition) is 3. The number of carbonyl (C=O) groups excluding carboxylic acids is 1. The molecular weight excluding hydrogens is 385 g/mol. The highest BCUT2D eigenvalue weighted by Crippen LogP contribution is 2.34. The predicted molar refractivity (Wildman–Crippen MR) is 102 cm³/mol. The van der Waals surface area contributed by atoms with Crippen LogP contribution in [0.15, 0.2) is 42.5 Å². The summed E-state index contributed by atoms with van der Waals surface area (Å²) in [6, 6.07) is 9.64. The summed E-state index contributed by atoms with van der Waals surface area (Å²) < 4.78 is 49.6. The van der Waals surface area contributed by atoms with Crippen molar-refractivity contribution in [2.75, 3.05) is 13.2 Å². The Labute approximate surface area is 167 Å². The molecule has 0 aromatic heterocycles. The lowest BCUT2D eigenvalue weighted by atomic mass is 9.95. The Balaban J connectivity index is 1.65. The second kappa shape index (κ2) is 8.63. The minimum Gasteiger partial charge on any atom is -0.486 e. The molecule has 1 heterocycles. The Morgan fingerprint density at radius 3 is 2.48 bits per heavy atom. The second-order valence-electron chi connectivity index (χ2n) is 7.15. The van der Waals surface area contributed by atoms with E-state index in [-0.39, 0.29) is 18.5 Å². The molecule has 2 amide bonds. The number of halogens is 3. The van der Waals surface area contributed by atoms with E-state index in [9.17, 15) is 18.0 Å². The van der Waals surface area contributed by atoms with E-state index < -0.39 is 17.8 Å². The van der Waals surface area contributed by atoms with Crippen LogP contribution in [0.1, 0.15) is 36.6 Å². The number of ether oxygens (including phenoxy) is 2. The van der Waals surface area contributed by atoms with Crippen LogP contribution in [0.5, 0.6) is 11.5 Å². The maximum Gasteiger partial charge on any atom is 0.416 e. The Bertz CT molecular complexity index is 868. The lowest BCUT2D eigenvalue weighted by Crippen LogP contribution is -2.39. The largest absolute Gasteiger partial charge is 0.486 e. The Kier molecular flexibility index (Phi) is 6.20. The van der Waals surface area contributed by atoms with Gasteiger partial charge in [0.1, 0.15) is 13.2 Å². The number of amides is 2. The molecule has 2 aromatic carbocycles. The highest BCUT2D eigenvalue weighted by atomic mass is 19.4. The highest BCUT2D eigenvalue weighted by molar-refractivity contribution is 5.74. The number of carbonyl (C=O) groups is 1. The Hall–Kier alpha value is -2.90. The van der Waals surface area contributed by atoms with Crippen LogP contribution >= 0.6 is 0 Å². The zero-order chi connectivity index (χ0) is 21.0. The summed E-state index contributed by atoms with van der Waals surface area (Å²) in [5.41, 5.74) is 0.488. The molecule has 2 aromatic rings. The van der Waals surface area contributed by atoms with Gasteiger partial charge in [-0.3, -0.25) is 0 Å². The minimum atomic E-state index is -4.42. The van der Waals surface area contributed by atoms with Gasteiger partial charge in [-0.15, -0.1) is 0 Å². The maximum atomic E-state index is 12.8. The summed E-state index contributed by atoms with van der Waals surface area (Å²) in [7, 11) is 0. The second-order valence-corrected chi connectivity index (χ2v) is 7.15. The molecule has 0 saturated heterocycles. The van der Waals surface area contributed by atoms with Gasteiger partial charge in [-0.1, -0.05) is 32.0 Å². The number of nitrogens with one attached hydrogen (secondary N) is 2. The van der Waals surface area contributed by atoms with Crippen molar-refractivity contribution in [3.63, 3.8) is 0 Å². The van der Waals surface area contributed by atoms with Crippen LogP contribution in [0.2, 0.25) is 0 Å². The van der Waals surface area contributed by atoms with Crippen molar-refractivity contribution in [3.8, 4) is 11.5 Å². The van der Waals surface area contributed by atoms with E-state index in [4.69, 9.17) is 9.47 Å². The summed E-state index contributed by atoms with van der Waals surface area (Å²) in [5, 5.41) is 5.51. The van der Waals surface area contributed by atoms with E-state index in [0.717, 1.165) is 17.7 Å². The fourth-order valence-corrected chi connectivity index (χ4v) is 3.12. The molecule has 0 spiro atoms. The molecule has 0 aliphatic carbocycles. The molecule has 3 rings (SSSR count). The van der Waals surface area contributed by atoms with Gasteiger partial charge in [-0.05, 0) is 41.3 Å². The van der Waals surface area contributed by atoms with Crippen molar-refractivity contribution in [2.24, 2.45) is 5.92 Å². The molecule has 0 bridgehead atoms. The highest BCUT2D eigenvalue weighted by Gasteiger charge is 2.30. The zero-order valence-corrected chi connectivity index (χ0v) is 16.2. The molecule has 0 radical (unpaired) electrons. The van der Waals surface area contributed by atoms with Crippen LogP contribution in [0, 0.1) is 5.92 Å². The minimum absolute atomic E-state index is 0.0122. The van der Waals surface area contributed by atoms with Crippen LogP contribution in [0.4, 0.5) is 18.0 Å². The standard InChI is InChI=1S/C21H23F3N2O3/c1-13(2)19(15-6-7-17-18(11-15)29-9-8-28-17)26-20(27)25-12-14-4-3-5-16(10-14)21(22,23)24/h3-7,10-11,13,19H,8-9,12H2,1-2H3,(H2,25,26,27)/t19-/m0/s1. The monoisotopic (exact) mass is 408 g/mol. The summed E-state index contributed by atoms with van der Waals surface area (Å²) >= 11 is 0. The van der Waals surface area contributed by atoms with Crippen molar-refractivity contribution in [2.45, 2.75) is 32.6 Å². The first-order chi connectivity index (χ1) is 13.7. The molecule has 29 heavy (non-hydrogen) atoms. The molecule has 2 N–H and O–H groups in total. The average Bonchev–Trinajstić information content (AvgIpc) is 2.69. The van der Waals surface area contributed by atoms with Gasteiger partial charge in [0.25, 0.3) is 0 Å². The Morgan fingerprint density at radius 1 is 1.07 bits per heavy atom. The average molecular weight is 408 g/mol. The number of urea groups is 1.